The molecule has 0 bridgehead atoms. The van der Waals surface area contributed by atoms with Gasteiger partial charge in [0, 0.05) is 80.1 Å². The van der Waals surface area contributed by atoms with Crippen LogP contribution in [0.1, 0.15) is 92.7 Å². The molecule has 6 heterocycles. The van der Waals surface area contributed by atoms with Crippen LogP contribution in [0, 0.1) is 0 Å². The molecule has 0 atom stereocenters. The second kappa shape index (κ2) is 34.5. The lowest BCUT2D eigenvalue weighted by molar-refractivity contribution is 0.185. The van der Waals surface area contributed by atoms with Crippen LogP contribution >= 0.6 is 23.2 Å². The highest BCUT2D eigenvalue weighted by atomic mass is 35.5. The van der Waals surface area contributed by atoms with Gasteiger partial charge in [-0.15, -0.1) is 0 Å². The molecule has 0 saturated heterocycles. The average molecular weight is 1100 g/mol. The molecule has 7 N–H and O–H groups in total. The van der Waals surface area contributed by atoms with Crippen LogP contribution in [0.4, 0.5) is 23.5 Å². The van der Waals surface area contributed by atoms with Gasteiger partial charge in [-0.05, 0) is 113 Å². The van der Waals surface area contributed by atoms with Crippen LogP contribution in [0.15, 0.2) is 91.4 Å². The number of fused-ring (bicyclic) bond motifs is 3. The Hall–Kier alpha value is -7.19. The summed E-state index contributed by atoms with van der Waals surface area (Å²) in [5, 5.41) is 10.3. The minimum Gasteiger partial charge on any atom is -0.497 e. The van der Waals surface area contributed by atoms with Crippen LogP contribution in [0.25, 0.3) is 33.1 Å². The Kier molecular flexibility index (Phi) is 28.7. The summed E-state index contributed by atoms with van der Waals surface area (Å²) in [6.45, 7) is 19.4. The van der Waals surface area contributed by atoms with Crippen LogP contribution in [-0.2, 0) is 13.1 Å². The van der Waals surface area contributed by atoms with Crippen LogP contribution in [0.2, 0.25) is 10.4 Å². The zero-order valence-corrected chi connectivity index (χ0v) is 47.2. The molecule has 0 saturated carbocycles. The molecular weight excluding hydrogens is 1020 g/mol. The van der Waals surface area contributed by atoms with E-state index in [0.29, 0.717) is 42.2 Å². The SMILES string of the molecule is C.CCCCNc1nc(N)nc2cccnc12.CCCCNc1nc(NCc2ccc(OC)cc2OC)nc2cccnc12.CCN(C(C)C)C(C)C.COc1ccc(CN)c(OC)c1.Clc1nc(Cl)c2ncccc2n1. The van der Waals surface area contributed by atoms with Gasteiger partial charge in [-0.25, -0.2) is 19.9 Å². The maximum Gasteiger partial charge on any atom is 0.225 e. The molecule has 0 unspecified atom stereocenters. The minimum atomic E-state index is 0. The molecule has 0 aliphatic rings. The highest BCUT2D eigenvalue weighted by molar-refractivity contribution is 6.35. The first-order valence-corrected chi connectivity index (χ1v) is 26.0. The minimum absolute atomic E-state index is 0. The lowest BCUT2D eigenvalue weighted by Crippen LogP contribution is -2.36. The van der Waals surface area contributed by atoms with Crippen molar-refractivity contribution in [3.63, 3.8) is 0 Å². The van der Waals surface area contributed by atoms with Crippen molar-refractivity contribution < 1.29 is 18.9 Å². The molecule has 8 aromatic rings. The number of nitrogens with one attached hydrogen (secondary N) is 3. The molecule has 416 valence electrons. The van der Waals surface area contributed by atoms with Gasteiger partial charge in [-0.2, -0.15) is 9.97 Å². The third-order valence-corrected chi connectivity index (χ3v) is 11.7. The zero-order chi connectivity index (χ0) is 55.4. The number of benzene rings is 2. The first-order chi connectivity index (χ1) is 36.7. The first kappa shape index (κ1) is 64.1. The fourth-order valence-electron chi connectivity index (χ4n) is 7.47. The second-order valence-electron chi connectivity index (χ2n) is 17.2. The number of nitrogens with zero attached hydrogens (tertiary/aromatic N) is 10. The molecule has 77 heavy (non-hydrogen) atoms. The van der Waals surface area contributed by atoms with E-state index in [0.717, 1.165) is 113 Å². The molecule has 0 aliphatic heterocycles. The number of unbranched alkanes of at least 4 members (excludes halogenated alkanes) is 2. The van der Waals surface area contributed by atoms with E-state index in [9.17, 15) is 0 Å². The van der Waals surface area contributed by atoms with Crippen molar-refractivity contribution in [2.24, 2.45) is 5.73 Å². The molecule has 0 amide bonds. The van der Waals surface area contributed by atoms with Gasteiger partial charge in [0.1, 0.15) is 39.5 Å². The van der Waals surface area contributed by atoms with E-state index >= 15 is 0 Å². The van der Waals surface area contributed by atoms with Gasteiger partial charge in [-0.1, -0.05) is 58.7 Å². The molecule has 19 nitrogen and oxygen atoms in total. The molecule has 2 aromatic carbocycles. The van der Waals surface area contributed by atoms with E-state index in [4.69, 9.17) is 53.6 Å². The summed E-state index contributed by atoms with van der Waals surface area (Å²) in [6, 6.07) is 23.8. The first-order valence-electron chi connectivity index (χ1n) is 25.3. The van der Waals surface area contributed by atoms with Gasteiger partial charge >= 0.3 is 0 Å². The van der Waals surface area contributed by atoms with Crippen LogP contribution in [-0.4, -0.2) is 110 Å². The number of ether oxygens (including phenoxy) is 4. The van der Waals surface area contributed by atoms with Gasteiger partial charge in [0.25, 0.3) is 0 Å². The number of pyridine rings is 3. The maximum absolute atomic E-state index is 5.76. The molecule has 6 aromatic heterocycles. The molecule has 8 rings (SSSR count). The van der Waals surface area contributed by atoms with Gasteiger partial charge in [0.05, 0.1) is 45.0 Å². The lowest BCUT2D eigenvalue weighted by atomic mass is 10.2. The largest absolute Gasteiger partial charge is 0.497 e. The molecule has 0 fully saturated rings. The van der Waals surface area contributed by atoms with E-state index in [1.165, 1.54) is 0 Å². The van der Waals surface area contributed by atoms with Gasteiger partial charge in [-0.3, -0.25) is 19.9 Å². The summed E-state index contributed by atoms with van der Waals surface area (Å²) in [4.78, 5) is 40.3. The number of methoxy groups -OCH3 is 4. The predicted octanol–water partition coefficient (Wildman–Crippen LogP) is 11.9. The molecule has 21 heteroatoms. The Morgan fingerprint density at radius 3 is 1.52 bits per heavy atom. The predicted molar refractivity (Wildman–Crippen MR) is 317 cm³/mol. The van der Waals surface area contributed by atoms with Crippen molar-refractivity contribution >= 4 is 79.8 Å². The highest BCUT2D eigenvalue weighted by Crippen LogP contribution is 2.27. The average Bonchev–Trinajstić information content (AvgIpc) is 3.43. The summed E-state index contributed by atoms with van der Waals surface area (Å²) in [7, 11) is 6.52. The van der Waals surface area contributed by atoms with Gasteiger partial charge in [0.15, 0.2) is 16.8 Å². The van der Waals surface area contributed by atoms with E-state index in [2.05, 4.69) is 114 Å². The highest BCUT2D eigenvalue weighted by Gasteiger charge is 2.12. The summed E-state index contributed by atoms with van der Waals surface area (Å²) in [5.41, 5.74) is 17.5. The zero-order valence-electron chi connectivity index (χ0n) is 45.7. The number of anilines is 4. The van der Waals surface area contributed by atoms with Crippen molar-refractivity contribution in [1.29, 1.82) is 0 Å². The van der Waals surface area contributed by atoms with Crippen molar-refractivity contribution in [3.8, 4) is 23.0 Å². The summed E-state index contributed by atoms with van der Waals surface area (Å²) in [5.74, 6) is 5.36. The van der Waals surface area contributed by atoms with Crippen LogP contribution < -0.4 is 46.4 Å². The number of rotatable bonds is 19. The second-order valence-corrected chi connectivity index (χ2v) is 17.9. The smallest absolute Gasteiger partial charge is 0.225 e. The summed E-state index contributed by atoms with van der Waals surface area (Å²) in [6.07, 6.45) is 9.54. The lowest BCUT2D eigenvalue weighted by Gasteiger charge is -2.28. The van der Waals surface area contributed by atoms with Crippen molar-refractivity contribution in [3.05, 3.63) is 113 Å². The van der Waals surface area contributed by atoms with E-state index < -0.39 is 0 Å². The number of hydrogen-bond donors (Lipinski definition) is 5. The van der Waals surface area contributed by atoms with Crippen molar-refractivity contribution in [2.45, 2.75) is 107 Å². The normalized spacial score (nSPS) is 10.5. The summed E-state index contributed by atoms with van der Waals surface area (Å²) < 4.78 is 20.9. The van der Waals surface area contributed by atoms with Gasteiger partial charge < -0.3 is 46.4 Å². The van der Waals surface area contributed by atoms with Crippen molar-refractivity contribution in [2.75, 3.05) is 69.8 Å². The van der Waals surface area contributed by atoms with Gasteiger partial charge in [0.2, 0.25) is 17.2 Å². The maximum atomic E-state index is 5.76. The molecule has 0 radical (unpaired) electrons. The molecule has 0 spiro atoms. The Bertz CT molecular complexity index is 2980. The third kappa shape index (κ3) is 20.4. The Morgan fingerprint density at radius 1 is 0.571 bits per heavy atom. The number of aromatic nitrogens is 9. The fourth-order valence-corrected chi connectivity index (χ4v) is 7.91. The van der Waals surface area contributed by atoms with Crippen LogP contribution in [0.3, 0.4) is 0 Å². The van der Waals surface area contributed by atoms with E-state index in [-0.39, 0.29) is 23.8 Å². The van der Waals surface area contributed by atoms with E-state index in [1.807, 2.05) is 60.7 Å². The Morgan fingerprint density at radius 2 is 1.05 bits per heavy atom. The number of hydrogen-bond acceptors (Lipinski definition) is 19. The number of nitrogen functional groups attached to an aromatic ring is 1. The number of halogens is 2. The Labute approximate surface area is 464 Å². The molecular formula is C56H79Cl2N15O4. The van der Waals surface area contributed by atoms with Crippen LogP contribution in [0.5, 0.6) is 23.0 Å². The van der Waals surface area contributed by atoms with E-state index in [1.54, 1.807) is 59.2 Å². The topological polar surface area (TPSA) is 244 Å². The van der Waals surface area contributed by atoms with Crippen molar-refractivity contribution in [1.82, 2.24) is 49.8 Å². The Balaban J connectivity index is 0.000000269. The quantitative estimate of drug-likeness (QED) is 0.0287. The fraction of sp³-hybridized carbons (Fsp3) is 0.411. The molecule has 0 aliphatic carbocycles. The monoisotopic (exact) mass is 1100 g/mol. The standard InChI is InChI=1S/C20H25N5O2.C11H15N5.C9H13NO2.C8H19N.C7H3Cl2N3.CH4/c1-4-5-10-22-19-18-16(7-6-11-21-18)24-20(25-19)23-13-14-8-9-15(26-2)12-17(14)27-3;1-2-3-6-14-10-9-8(5-4-7-13-9)15-11(12)16-10;1-11-8-4-3-7(6-10)9(5-8)12-2;1-6-9(7(2)3)8(4)5;8-6-5-4(2-1-3-10-5)11-7(9)12-6;/h6-9,11-12H,4-5,10,13H2,1-3H3,(H2,22,23,24,25);4-5,7H,2-3,6H2,1H3,(H3,12,14,15,16);3-5H,6,10H2,1-2H3;7-8H,6H2,1-5H3;1-3H;1H4. The summed E-state index contributed by atoms with van der Waals surface area (Å²) >= 11 is 11.4. The number of nitrogens with two attached hydrogens (primary N) is 2. The third-order valence-electron chi connectivity index (χ3n) is 11.3.